The van der Waals surface area contributed by atoms with Crippen molar-refractivity contribution in [2.24, 2.45) is 12.2 Å². The molecule has 4 N–H and O–H groups in total. The molecule has 2 amide bonds. The van der Waals surface area contributed by atoms with E-state index in [1.165, 1.54) is 46.9 Å². The molecule has 2 atom stereocenters. The number of oxime groups is 1. The minimum Gasteiger partial charge on any atom is -0.477 e. The largest absolute Gasteiger partial charge is 0.477 e. The molecule has 4 aromatic rings. The van der Waals surface area contributed by atoms with Crippen molar-refractivity contribution in [2.75, 3.05) is 18.6 Å². The number of thioether (sulfide) groups is 2. The van der Waals surface area contributed by atoms with Crippen LogP contribution in [0.3, 0.4) is 0 Å². The lowest BCUT2D eigenvalue weighted by Crippen LogP contribution is -2.71. The number of rotatable bonds is 9. The van der Waals surface area contributed by atoms with Gasteiger partial charge in [0.2, 0.25) is 0 Å². The second kappa shape index (κ2) is 11.8. The third kappa shape index (κ3) is 5.61. The summed E-state index contributed by atoms with van der Waals surface area (Å²) in [6.07, 6.45) is 7.46. The fourth-order valence-corrected chi connectivity index (χ4v) is 8.41. The fraction of sp³-hybridized carbons (Fsp3) is 0.200. The Hall–Kier alpha value is -4.26. The van der Waals surface area contributed by atoms with Crippen molar-refractivity contribution in [3.63, 3.8) is 0 Å². The Kier molecular flexibility index (Phi) is 7.91. The maximum Gasteiger partial charge on any atom is 0.353 e. The van der Waals surface area contributed by atoms with Crippen LogP contribution in [0.4, 0.5) is 5.13 Å². The topological polar surface area (TPSA) is 182 Å². The van der Waals surface area contributed by atoms with Gasteiger partial charge in [-0.05, 0) is 6.07 Å². The first-order valence-electron chi connectivity index (χ1n) is 12.4. The number of nitrogens with one attached hydrogen (secondary N) is 1. The summed E-state index contributed by atoms with van der Waals surface area (Å²) in [5, 5.41) is 19.5. The number of carbonyl (C=O) groups excluding carboxylic acids is 2. The number of carboxylic acid groups (broad SMARTS) is 1. The third-order valence-electron chi connectivity index (χ3n) is 6.35. The van der Waals surface area contributed by atoms with Gasteiger partial charge in [-0.3, -0.25) is 19.1 Å². The fourth-order valence-electron chi connectivity index (χ4n) is 4.43. The summed E-state index contributed by atoms with van der Waals surface area (Å²) in [4.78, 5) is 58.1. The number of aryl methyl sites for hydroxylation is 1. The Labute approximate surface area is 260 Å². The van der Waals surface area contributed by atoms with Gasteiger partial charge in [-0.25, -0.2) is 24.3 Å². The molecular weight excluding hydrogens is 635 g/mol. The second-order valence-electron chi connectivity index (χ2n) is 9.13. The van der Waals surface area contributed by atoms with Gasteiger partial charge in [-0.1, -0.05) is 16.9 Å². The highest BCUT2D eigenvalue weighted by molar-refractivity contribution is 8.07. The summed E-state index contributed by atoms with van der Waals surface area (Å²) in [5.74, 6) is -1.52. The van der Waals surface area contributed by atoms with Crippen LogP contribution in [0.15, 0.2) is 67.9 Å². The SMILES string of the molecule is CO/N=C(\C(=O)N[C@@H]1C(=O)N2C(C(=O)O)=C(Sc3nc(-n4cnc(-c5ccc[n+](C)c5)c4)cs3)CS[C@H]12)c1csc(N)n1. The number of hydrogen-bond donors (Lipinski definition) is 3. The zero-order valence-corrected chi connectivity index (χ0v) is 25.7. The van der Waals surface area contributed by atoms with E-state index in [9.17, 15) is 19.5 Å². The predicted octanol–water partition coefficient (Wildman–Crippen LogP) is 1.70. The molecule has 43 heavy (non-hydrogen) atoms. The lowest BCUT2D eigenvalue weighted by molar-refractivity contribution is -0.671. The highest BCUT2D eigenvalue weighted by atomic mass is 32.2. The number of thiazole rings is 2. The number of fused-ring (bicyclic) bond motifs is 1. The molecule has 1 saturated heterocycles. The van der Waals surface area contributed by atoms with Crippen molar-refractivity contribution in [1.29, 1.82) is 0 Å². The molecule has 0 saturated carbocycles. The number of nitrogen functional groups attached to an aromatic ring is 1. The predicted molar refractivity (Wildman–Crippen MR) is 161 cm³/mol. The molecule has 1 fully saturated rings. The highest BCUT2D eigenvalue weighted by Crippen LogP contribution is 2.45. The van der Waals surface area contributed by atoms with Gasteiger partial charge in [0.25, 0.3) is 11.8 Å². The van der Waals surface area contributed by atoms with E-state index in [0.29, 0.717) is 20.8 Å². The Bertz CT molecular complexity index is 1810. The maximum atomic E-state index is 13.2. The third-order valence-corrected chi connectivity index (χ3v) is 10.5. The number of hydrogen-bond acceptors (Lipinski definition) is 13. The first-order valence-corrected chi connectivity index (χ1v) is 16.0. The van der Waals surface area contributed by atoms with Crippen LogP contribution in [0, 0.1) is 0 Å². The van der Waals surface area contributed by atoms with Crippen LogP contribution in [0.1, 0.15) is 5.69 Å². The molecule has 14 nitrogen and oxygen atoms in total. The van der Waals surface area contributed by atoms with E-state index < -0.39 is 29.2 Å². The molecule has 220 valence electrons. The van der Waals surface area contributed by atoms with Crippen molar-refractivity contribution >= 4 is 74.8 Å². The molecule has 0 aliphatic carbocycles. The molecular formula is C25H22N9O5S4+. The summed E-state index contributed by atoms with van der Waals surface area (Å²) >= 11 is 5.04. The Morgan fingerprint density at radius 1 is 1.30 bits per heavy atom. The highest BCUT2D eigenvalue weighted by Gasteiger charge is 2.54. The number of nitrogens with zero attached hydrogens (tertiary/aromatic N) is 7. The van der Waals surface area contributed by atoms with E-state index in [-0.39, 0.29) is 22.2 Å². The lowest BCUT2D eigenvalue weighted by Gasteiger charge is -2.49. The standard InChI is InChI=1S/C25H21N9O5S4/c1-32-5-3-4-12(6-32)13-7-33(11-27-13)16-10-42-25(29-16)43-15-9-40-22-18(21(36)34(22)19(15)23(37)38)30-20(35)17(31-39-2)14-8-41-24(26)28-14/h3-8,10-11,18,22H,9H2,1-2H3,(H3-,26,28,30,35,37,38)/p+1/b31-17-/t18-,22-/m1/s1. The van der Waals surface area contributed by atoms with E-state index >= 15 is 0 Å². The van der Waals surface area contributed by atoms with Gasteiger partial charge in [0.05, 0.1) is 11.3 Å². The number of anilines is 1. The number of aromatic nitrogens is 5. The maximum absolute atomic E-state index is 13.2. The molecule has 0 spiro atoms. The summed E-state index contributed by atoms with van der Waals surface area (Å²) in [7, 11) is 3.22. The molecule has 6 rings (SSSR count). The average molecular weight is 657 g/mol. The van der Waals surface area contributed by atoms with Crippen LogP contribution in [0.2, 0.25) is 0 Å². The van der Waals surface area contributed by atoms with E-state index in [0.717, 1.165) is 22.6 Å². The van der Waals surface area contributed by atoms with E-state index in [4.69, 9.17) is 10.6 Å². The molecule has 0 aromatic carbocycles. The number of β-lactam (4-membered cyclic amide) rings is 1. The zero-order chi connectivity index (χ0) is 30.2. The van der Waals surface area contributed by atoms with Crippen LogP contribution < -0.4 is 15.6 Å². The van der Waals surface area contributed by atoms with Gasteiger partial charge < -0.3 is 21.0 Å². The van der Waals surface area contributed by atoms with Crippen molar-refractivity contribution in [2.45, 2.75) is 15.8 Å². The molecule has 0 bridgehead atoms. The molecule has 2 aliphatic heterocycles. The number of amides is 2. The number of aliphatic carboxylic acids is 1. The van der Waals surface area contributed by atoms with Gasteiger partial charge in [-0.15, -0.1) is 34.4 Å². The summed E-state index contributed by atoms with van der Waals surface area (Å²) in [6, 6.07) is 2.96. The van der Waals surface area contributed by atoms with Gasteiger partial charge >= 0.3 is 5.97 Å². The molecule has 6 heterocycles. The molecule has 2 aliphatic rings. The van der Waals surface area contributed by atoms with Crippen molar-refractivity contribution in [3.8, 4) is 17.1 Å². The van der Waals surface area contributed by atoms with Crippen LogP contribution in [-0.4, -0.2) is 77.3 Å². The van der Waals surface area contributed by atoms with Gasteiger partial charge in [0.1, 0.15) is 49.1 Å². The average Bonchev–Trinajstić information content (AvgIpc) is 3.75. The Morgan fingerprint density at radius 2 is 2.14 bits per heavy atom. The number of imidazole rings is 1. The number of pyridine rings is 1. The zero-order valence-electron chi connectivity index (χ0n) is 22.4. The molecule has 4 aromatic heterocycles. The van der Waals surface area contributed by atoms with Gasteiger partial charge in [-0.2, -0.15) is 0 Å². The quantitative estimate of drug-likeness (QED) is 0.103. The lowest BCUT2D eigenvalue weighted by atomic mass is 10.0. The van der Waals surface area contributed by atoms with Crippen molar-refractivity contribution in [3.05, 3.63) is 64.1 Å². The second-order valence-corrected chi connectivity index (χ2v) is 13.3. The van der Waals surface area contributed by atoms with Gasteiger partial charge in [0.15, 0.2) is 27.6 Å². The summed E-state index contributed by atoms with van der Waals surface area (Å²) in [6.45, 7) is 0. The van der Waals surface area contributed by atoms with Crippen LogP contribution in [0.25, 0.3) is 17.1 Å². The smallest absolute Gasteiger partial charge is 0.353 e. The number of carboxylic acids is 1. The monoisotopic (exact) mass is 656 g/mol. The van der Waals surface area contributed by atoms with Gasteiger partial charge in [0, 0.05) is 33.7 Å². The molecule has 0 radical (unpaired) electrons. The number of nitrogens with two attached hydrogens (primary N) is 1. The van der Waals surface area contributed by atoms with E-state index in [2.05, 4.69) is 25.4 Å². The van der Waals surface area contributed by atoms with Crippen LogP contribution >= 0.6 is 46.2 Å². The Morgan fingerprint density at radius 3 is 2.86 bits per heavy atom. The summed E-state index contributed by atoms with van der Waals surface area (Å²) < 4.78 is 4.36. The van der Waals surface area contributed by atoms with Crippen LogP contribution in [-0.2, 0) is 26.3 Å². The van der Waals surface area contributed by atoms with Crippen molar-refractivity contribution < 1.29 is 28.9 Å². The van der Waals surface area contributed by atoms with Crippen LogP contribution in [0.5, 0.6) is 0 Å². The minimum absolute atomic E-state index is 0.124. The van der Waals surface area contributed by atoms with E-state index in [1.807, 2.05) is 47.7 Å². The first-order chi connectivity index (χ1) is 20.7. The molecule has 0 unspecified atom stereocenters. The Balaban J connectivity index is 1.17. The molecule has 18 heteroatoms. The number of carbonyl (C=O) groups is 3. The normalized spacial score (nSPS) is 18.3. The minimum atomic E-state index is -1.24. The van der Waals surface area contributed by atoms with Crippen molar-refractivity contribution in [1.82, 2.24) is 29.7 Å². The summed E-state index contributed by atoms with van der Waals surface area (Å²) in [5.41, 5.74) is 7.36. The van der Waals surface area contributed by atoms with E-state index in [1.54, 1.807) is 16.3 Å². The first kappa shape index (κ1) is 28.8.